The quantitative estimate of drug-likeness (QED) is 0.223. The first-order valence-corrected chi connectivity index (χ1v) is 13.6. The molecule has 2 unspecified atom stereocenters. The minimum atomic E-state index is -0.368. The van der Waals surface area contributed by atoms with Crippen molar-refractivity contribution in [2.24, 2.45) is 5.10 Å². The van der Waals surface area contributed by atoms with Gasteiger partial charge in [-0.05, 0) is 75.6 Å². The number of hydrazone groups is 1. The molecular weight excluding hydrogens is 604 g/mol. The molecule has 36 heavy (non-hydrogen) atoms. The fourth-order valence-corrected chi connectivity index (χ4v) is 6.10. The number of ether oxygens (including phenoxy) is 2. The maximum absolute atomic E-state index is 6.58. The highest BCUT2D eigenvalue weighted by Crippen LogP contribution is 2.51. The average molecular weight is 625 g/mol. The van der Waals surface area contributed by atoms with E-state index in [1.54, 1.807) is 0 Å². The first kappa shape index (κ1) is 23.6. The van der Waals surface area contributed by atoms with Gasteiger partial charge in [0.1, 0.15) is 18.1 Å². The van der Waals surface area contributed by atoms with E-state index in [4.69, 9.17) is 26.2 Å². The lowest BCUT2D eigenvalue weighted by molar-refractivity contribution is -0.0197. The molecule has 0 N–H and O–H groups in total. The summed E-state index contributed by atoms with van der Waals surface area (Å²) in [6.45, 7) is 0.526. The molecule has 180 valence electrons. The molecule has 2 aliphatic heterocycles. The van der Waals surface area contributed by atoms with Crippen LogP contribution in [0, 0.1) is 0 Å². The Morgan fingerprint density at radius 2 is 1.69 bits per heavy atom. The van der Waals surface area contributed by atoms with Gasteiger partial charge in [-0.15, -0.1) is 0 Å². The minimum absolute atomic E-state index is 0.0484. The lowest BCUT2D eigenvalue weighted by Crippen LogP contribution is -2.33. The third-order valence-electron chi connectivity index (χ3n) is 6.40. The number of hydrogen-bond donors (Lipinski definition) is 0. The van der Waals surface area contributed by atoms with Crippen LogP contribution >= 0.6 is 43.5 Å². The third kappa shape index (κ3) is 4.65. The van der Waals surface area contributed by atoms with E-state index in [1.165, 1.54) is 0 Å². The molecule has 0 aliphatic carbocycles. The molecule has 0 radical (unpaired) electrons. The van der Waals surface area contributed by atoms with Crippen molar-refractivity contribution in [3.05, 3.63) is 127 Å². The maximum atomic E-state index is 6.58. The van der Waals surface area contributed by atoms with E-state index in [0.29, 0.717) is 11.6 Å². The van der Waals surface area contributed by atoms with Crippen LogP contribution in [-0.4, -0.2) is 10.7 Å². The van der Waals surface area contributed by atoms with Crippen molar-refractivity contribution in [2.75, 3.05) is 0 Å². The Balaban J connectivity index is 1.32. The van der Waals surface area contributed by atoms with Crippen LogP contribution in [0.1, 0.15) is 40.9 Å². The Kier molecular flexibility index (Phi) is 6.50. The summed E-state index contributed by atoms with van der Waals surface area (Å²) in [4.78, 5) is 0. The Labute approximate surface area is 231 Å². The second kappa shape index (κ2) is 9.92. The van der Waals surface area contributed by atoms with Gasteiger partial charge in [0.05, 0.1) is 16.2 Å². The van der Waals surface area contributed by atoms with Gasteiger partial charge in [0.2, 0.25) is 6.23 Å². The number of fused-ring (bicyclic) bond motifs is 3. The highest BCUT2D eigenvalue weighted by molar-refractivity contribution is 9.11. The van der Waals surface area contributed by atoms with Crippen LogP contribution < -0.4 is 9.47 Å². The van der Waals surface area contributed by atoms with Crippen LogP contribution in [-0.2, 0) is 6.61 Å². The Hall–Kier alpha value is -2.80. The largest absolute Gasteiger partial charge is 0.489 e. The van der Waals surface area contributed by atoms with Crippen LogP contribution in [0.15, 0.2) is 105 Å². The lowest BCUT2D eigenvalue weighted by atomic mass is 9.96. The minimum Gasteiger partial charge on any atom is -0.489 e. The van der Waals surface area contributed by atoms with E-state index in [1.807, 2.05) is 60.7 Å². The van der Waals surface area contributed by atoms with Crippen molar-refractivity contribution in [1.82, 2.24) is 5.01 Å². The van der Waals surface area contributed by atoms with Crippen LogP contribution in [0.25, 0.3) is 0 Å². The summed E-state index contributed by atoms with van der Waals surface area (Å²) in [6.07, 6.45) is 0.406. The molecule has 0 fully saturated rings. The molecule has 0 amide bonds. The van der Waals surface area contributed by atoms with E-state index in [2.05, 4.69) is 67.2 Å². The first-order chi connectivity index (χ1) is 17.5. The molecule has 6 rings (SSSR count). The van der Waals surface area contributed by atoms with E-state index < -0.39 is 0 Å². The number of rotatable bonds is 5. The smallest absolute Gasteiger partial charge is 0.213 e. The zero-order valence-corrected chi connectivity index (χ0v) is 23.0. The van der Waals surface area contributed by atoms with Gasteiger partial charge in [0.25, 0.3) is 0 Å². The van der Waals surface area contributed by atoms with Gasteiger partial charge in [0.15, 0.2) is 0 Å². The van der Waals surface area contributed by atoms with Crippen molar-refractivity contribution < 1.29 is 9.47 Å². The molecule has 4 nitrogen and oxygen atoms in total. The highest BCUT2D eigenvalue weighted by atomic mass is 79.9. The zero-order valence-electron chi connectivity index (χ0n) is 19.1. The highest BCUT2D eigenvalue weighted by Gasteiger charge is 2.42. The maximum Gasteiger partial charge on any atom is 0.213 e. The summed E-state index contributed by atoms with van der Waals surface area (Å²) in [5, 5.41) is 7.83. The molecule has 0 saturated heterocycles. The van der Waals surface area contributed by atoms with E-state index in [-0.39, 0.29) is 12.3 Å². The summed E-state index contributed by atoms with van der Waals surface area (Å²) in [5.41, 5.74) is 5.32. The normalized spacial score (nSPS) is 18.2. The van der Waals surface area contributed by atoms with Gasteiger partial charge in [-0.2, -0.15) is 5.10 Å². The molecule has 4 aromatic rings. The van der Waals surface area contributed by atoms with Crippen molar-refractivity contribution in [2.45, 2.75) is 25.3 Å². The lowest BCUT2D eigenvalue weighted by Gasteiger charge is -2.38. The molecule has 2 atom stereocenters. The molecule has 2 heterocycles. The SMILES string of the molecule is Clc1ccc(C2=NN3C(C2)c2cc(Br)cc(Br)c2OC3c2ccc(OCc3ccccc3)cc2)cc1. The monoisotopic (exact) mass is 622 g/mol. The van der Waals surface area contributed by atoms with E-state index in [0.717, 1.165) is 54.8 Å². The second-order valence-corrected chi connectivity index (χ2v) is 11.0. The van der Waals surface area contributed by atoms with Crippen molar-refractivity contribution in [3.63, 3.8) is 0 Å². The van der Waals surface area contributed by atoms with E-state index >= 15 is 0 Å². The van der Waals surface area contributed by atoms with Crippen LogP contribution in [0.3, 0.4) is 0 Å². The number of benzene rings is 4. The number of hydrogen-bond acceptors (Lipinski definition) is 4. The first-order valence-electron chi connectivity index (χ1n) is 11.6. The standard InChI is InChI=1S/C29H21Br2ClN2O2/c30-21-14-24-27-16-26(19-6-10-22(32)11-7-19)33-34(27)29(36-28(24)25(31)15-21)20-8-12-23(13-9-20)35-17-18-4-2-1-3-5-18/h1-15,27,29H,16-17H2. The van der Waals surface area contributed by atoms with Crippen LogP contribution in [0.2, 0.25) is 5.02 Å². The van der Waals surface area contributed by atoms with Gasteiger partial charge in [-0.1, -0.05) is 70.0 Å². The van der Waals surface area contributed by atoms with Gasteiger partial charge < -0.3 is 9.47 Å². The third-order valence-corrected chi connectivity index (χ3v) is 7.70. The summed E-state index contributed by atoms with van der Waals surface area (Å²) >= 11 is 13.5. The van der Waals surface area contributed by atoms with Gasteiger partial charge >= 0.3 is 0 Å². The van der Waals surface area contributed by atoms with Crippen LogP contribution in [0.4, 0.5) is 0 Å². The zero-order chi connectivity index (χ0) is 24.6. The molecule has 0 saturated carbocycles. The molecule has 0 bridgehead atoms. The second-order valence-electron chi connectivity index (χ2n) is 8.77. The molecule has 2 aliphatic rings. The number of halogens is 3. The van der Waals surface area contributed by atoms with Gasteiger partial charge in [0, 0.05) is 27.0 Å². The average Bonchev–Trinajstić information content (AvgIpc) is 3.34. The summed E-state index contributed by atoms with van der Waals surface area (Å²) < 4.78 is 14.5. The molecule has 7 heteroatoms. The fraction of sp³-hybridized carbons (Fsp3) is 0.138. The van der Waals surface area contributed by atoms with Gasteiger partial charge in [-0.3, -0.25) is 0 Å². The summed E-state index contributed by atoms with van der Waals surface area (Å²) in [5.74, 6) is 1.66. The topological polar surface area (TPSA) is 34.1 Å². The predicted molar refractivity (Wildman–Crippen MR) is 150 cm³/mol. The van der Waals surface area contributed by atoms with Crippen molar-refractivity contribution >= 4 is 49.2 Å². The Morgan fingerprint density at radius 3 is 2.44 bits per heavy atom. The van der Waals surface area contributed by atoms with E-state index in [9.17, 15) is 0 Å². The summed E-state index contributed by atoms with van der Waals surface area (Å²) in [6, 6.07) is 30.3. The summed E-state index contributed by atoms with van der Waals surface area (Å²) in [7, 11) is 0. The number of nitrogens with zero attached hydrogens (tertiary/aromatic N) is 2. The van der Waals surface area contributed by atoms with Crippen molar-refractivity contribution in [1.29, 1.82) is 0 Å². The van der Waals surface area contributed by atoms with Crippen molar-refractivity contribution in [3.8, 4) is 11.5 Å². The van der Waals surface area contributed by atoms with Gasteiger partial charge in [-0.25, -0.2) is 5.01 Å². The fourth-order valence-electron chi connectivity index (χ4n) is 4.62. The van der Waals surface area contributed by atoms with Crippen LogP contribution in [0.5, 0.6) is 11.5 Å². The molecule has 0 aromatic heterocycles. The molecule has 4 aromatic carbocycles. The Morgan fingerprint density at radius 1 is 0.944 bits per heavy atom. The Bertz CT molecular complexity index is 1430. The molecule has 0 spiro atoms. The predicted octanol–water partition coefficient (Wildman–Crippen LogP) is 8.69. The molecular formula is C29H21Br2ClN2O2.